The summed E-state index contributed by atoms with van der Waals surface area (Å²) in [5, 5.41) is 2.32. The van der Waals surface area contributed by atoms with Gasteiger partial charge in [0.25, 0.3) is 6.33 Å². The van der Waals surface area contributed by atoms with Crippen LogP contribution in [0.1, 0.15) is 101 Å². The minimum atomic E-state index is -0.481. The van der Waals surface area contributed by atoms with Crippen molar-refractivity contribution in [1.82, 2.24) is 14.1 Å². The van der Waals surface area contributed by atoms with Crippen LogP contribution in [0.15, 0.2) is 243 Å². The van der Waals surface area contributed by atoms with Gasteiger partial charge < -0.3 is 4.74 Å². The van der Waals surface area contributed by atoms with Crippen molar-refractivity contribution in [3.8, 4) is 73.2 Å². The minimum absolute atomic E-state index is 0.0314. The van der Waals surface area contributed by atoms with E-state index in [0.717, 1.165) is 72.8 Å². The summed E-state index contributed by atoms with van der Waals surface area (Å²) in [7, 11) is 0. The van der Waals surface area contributed by atoms with Gasteiger partial charge in [-0.2, -0.15) is 9.13 Å². The molecular formula is C79H67N4O+. The molecule has 0 unspecified atom stereocenters. The molecule has 0 radical (unpaired) electrons. The summed E-state index contributed by atoms with van der Waals surface area (Å²) in [4.78, 5) is 4.94. The number of hydrogen-bond donors (Lipinski definition) is 0. The Morgan fingerprint density at radius 1 is 0.393 bits per heavy atom. The molecule has 10 aromatic carbocycles. The van der Waals surface area contributed by atoms with Gasteiger partial charge in [-0.15, -0.1) is 0 Å². The smallest absolute Gasteiger partial charge is 0.255 e. The molecule has 0 saturated carbocycles. The van der Waals surface area contributed by atoms with Gasteiger partial charge >= 0.3 is 0 Å². The lowest BCUT2D eigenvalue weighted by molar-refractivity contribution is -0.566. The van der Waals surface area contributed by atoms with E-state index in [2.05, 4.69) is 313 Å². The molecule has 15 rings (SSSR count). The number of imidazole rings is 1. The summed E-state index contributed by atoms with van der Waals surface area (Å²) in [6, 6.07) is 85.5. The van der Waals surface area contributed by atoms with Crippen LogP contribution in [0.2, 0.25) is 0 Å². The normalized spacial score (nSPS) is 13.4. The van der Waals surface area contributed by atoms with Gasteiger partial charge in [-0.3, -0.25) is 4.57 Å². The molecule has 2 aliphatic carbocycles. The van der Waals surface area contributed by atoms with Crippen LogP contribution in [0.3, 0.4) is 0 Å². The molecule has 2 aliphatic rings. The maximum Gasteiger partial charge on any atom is 0.255 e. The lowest BCUT2D eigenvalue weighted by Crippen LogP contribution is -2.31. The number of nitrogens with zero attached hydrogens (tertiary/aromatic N) is 4. The number of benzene rings is 10. The van der Waals surface area contributed by atoms with Gasteiger partial charge in [-0.1, -0.05) is 220 Å². The largest absolute Gasteiger partial charge is 0.457 e. The van der Waals surface area contributed by atoms with Crippen molar-refractivity contribution in [2.45, 2.75) is 84.0 Å². The number of hydrogen-bond acceptors (Lipinski definition) is 2. The van der Waals surface area contributed by atoms with Crippen LogP contribution in [-0.4, -0.2) is 14.1 Å². The molecule has 3 aromatic heterocycles. The fourth-order valence-electron chi connectivity index (χ4n) is 13.8. The van der Waals surface area contributed by atoms with Gasteiger partial charge in [0.1, 0.15) is 28.7 Å². The van der Waals surface area contributed by atoms with Crippen LogP contribution < -0.4 is 9.30 Å². The minimum Gasteiger partial charge on any atom is -0.457 e. The molecule has 0 fully saturated rings. The maximum absolute atomic E-state index is 6.94. The molecule has 5 nitrogen and oxygen atoms in total. The molecule has 0 bridgehead atoms. The van der Waals surface area contributed by atoms with Gasteiger partial charge in [-0.25, -0.2) is 4.98 Å². The number of para-hydroxylation sites is 4. The van der Waals surface area contributed by atoms with Crippen LogP contribution in [0.25, 0.3) is 94.5 Å². The third kappa shape index (κ3) is 7.96. The van der Waals surface area contributed by atoms with E-state index in [0.29, 0.717) is 0 Å². The SMILES string of the molecule is CC(C)(C)c1cc(-c2cccc(-c3ccc4c(c3)C3(c5ccccc5-c5ccccc53)c3ccccc3-4)c2-[n+]2cn(-c3cccc(Oc4ccc5c6ccccc6n(-c6cc(C(C)(C)C)ccn6)c5c4)c3)c3ccccc32)cc(C(C)(C)C)c1. The van der Waals surface area contributed by atoms with E-state index in [4.69, 9.17) is 9.72 Å². The van der Waals surface area contributed by atoms with Crippen molar-refractivity contribution in [3.63, 3.8) is 0 Å². The van der Waals surface area contributed by atoms with Crippen LogP contribution >= 0.6 is 0 Å². The van der Waals surface area contributed by atoms with E-state index in [9.17, 15) is 0 Å². The highest BCUT2D eigenvalue weighted by atomic mass is 16.5. The first-order chi connectivity index (χ1) is 40.5. The predicted molar refractivity (Wildman–Crippen MR) is 347 cm³/mol. The van der Waals surface area contributed by atoms with Crippen LogP contribution in [0.4, 0.5) is 0 Å². The van der Waals surface area contributed by atoms with Crippen molar-refractivity contribution in [1.29, 1.82) is 0 Å². The quantitative estimate of drug-likeness (QED) is 0.149. The standard InChI is InChI=1S/C79H67N4O/c1-76(2,3)52-40-41-80-74(46-52)83-70-33-17-13-27-64(70)65-39-37-57(48-73(65)83)84-56-23-20-22-55(47-56)81-49-82(72-35-19-18-34-71(72)81)75-58(28-21-29-59(75)51-42-53(77(4,5)6)45-54(43-51)78(7,8)9)50-36-38-63-62-26-12-16-32-68(62)79(69(63)44-50)66-30-14-10-24-60(66)61-25-11-15-31-67(61)79/h10-49H,1-9H3/q+1. The Hall–Kier alpha value is -9.58. The van der Waals surface area contributed by atoms with Crippen molar-refractivity contribution >= 4 is 32.8 Å². The third-order valence-electron chi connectivity index (χ3n) is 18.0. The first-order valence-corrected chi connectivity index (χ1v) is 29.6. The maximum atomic E-state index is 6.94. The summed E-state index contributed by atoms with van der Waals surface area (Å²) in [5.41, 5.74) is 24.8. The lowest BCUT2D eigenvalue weighted by atomic mass is 9.70. The zero-order valence-corrected chi connectivity index (χ0v) is 49.3. The van der Waals surface area contributed by atoms with Crippen molar-refractivity contribution in [3.05, 3.63) is 282 Å². The van der Waals surface area contributed by atoms with E-state index >= 15 is 0 Å². The zero-order valence-electron chi connectivity index (χ0n) is 49.3. The molecule has 13 aromatic rings. The molecule has 1 spiro atoms. The van der Waals surface area contributed by atoms with Crippen molar-refractivity contribution in [2.75, 3.05) is 0 Å². The second kappa shape index (κ2) is 18.7. The molecule has 84 heavy (non-hydrogen) atoms. The van der Waals surface area contributed by atoms with E-state index in [1.54, 1.807) is 0 Å². The number of ether oxygens (including phenoxy) is 1. The summed E-state index contributed by atoms with van der Waals surface area (Å²) < 4.78 is 14.0. The molecule has 0 amide bonds. The molecule has 5 heteroatoms. The topological polar surface area (TPSA) is 35.9 Å². The number of aromatic nitrogens is 4. The number of rotatable bonds is 7. The molecule has 0 aliphatic heterocycles. The average molecular weight is 1090 g/mol. The highest BCUT2D eigenvalue weighted by Crippen LogP contribution is 2.63. The van der Waals surface area contributed by atoms with Gasteiger partial charge in [-0.05, 0) is 149 Å². The first-order valence-electron chi connectivity index (χ1n) is 29.6. The second-order valence-corrected chi connectivity index (χ2v) is 26.3. The highest BCUT2D eigenvalue weighted by molar-refractivity contribution is 6.09. The molecular weight excluding hydrogens is 1020 g/mol. The molecule has 0 saturated heterocycles. The van der Waals surface area contributed by atoms with E-state index in [1.165, 1.54) is 72.1 Å². The molecule has 3 heterocycles. The van der Waals surface area contributed by atoms with Crippen LogP contribution in [0, 0.1) is 0 Å². The molecule has 408 valence electrons. The Bertz CT molecular complexity index is 4740. The Morgan fingerprint density at radius 2 is 0.940 bits per heavy atom. The van der Waals surface area contributed by atoms with Crippen LogP contribution in [-0.2, 0) is 21.7 Å². The molecule has 0 atom stereocenters. The predicted octanol–water partition coefficient (Wildman–Crippen LogP) is 19.8. The third-order valence-corrected chi connectivity index (χ3v) is 18.0. The highest BCUT2D eigenvalue weighted by Gasteiger charge is 2.51. The van der Waals surface area contributed by atoms with Crippen molar-refractivity contribution < 1.29 is 9.30 Å². The average Bonchev–Trinajstić information content (AvgIpc) is 1.57. The molecule has 0 N–H and O–H groups in total. The zero-order chi connectivity index (χ0) is 57.4. The fourth-order valence-corrected chi connectivity index (χ4v) is 13.8. The Morgan fingerprint density at radius 3 is 1.61 bits per heavy atom. The van der Waals surface area contributed by atoms with E-state index in [1.807, 2.05) is 6.20 Å². The van der Waals surface area contributed by atoms with Crippen LogP contribution in [0.5, 0.6) is 11.5 Å². The lowest BCUT2D eigenvalue weighted by Gasteiger charge is -2.30. The Kier molecular flexibility index (Phi) is 11.4. The second-order valence-electron chi connectivity index (χ2n) is 26.3. The fraction of sp³-hybridized carbons (Fsp3) is 0.165. The first kappa shape index (κ1) is 51.3. The van der Waals surface area contributed by atoms with Gasteiger partial charge in [0, 0.05) is 40.2 Å². The van der Waals surface area contributed by atoms with E-state index < -0.39 is 5.41 Å². The van der Waals surface area contributed by atoms with Crippen molar-refractivity contribution in [2.24, 2.45) is 0 Å². The summed E-state index contributed by atoms with van der Waals surface area (Å²) >= 11 is 0. The van der Waals surface area contributed by atoms with E-state index in [-0.39, 0.29) is 16.2 Å². The summed E-state index contributed by atoms with van der Waals surface area (Å²) in [6.07, 6.45) is 4.22. The summed E-state index contributed by atoms with van der Waals surface area (Å²) in [6.45, 7) is 20.7. The monoisotopic (exact) mass is 1090 g/mol. The number of fused-ring (bicyclic) bond motifs is 14. The summed E-state index contributed by atoms with van der Waals surface area (Å²) in [5.74, 6) is 2.38. The van der Waals surface area contributed by atoms with Gasteiger partial charge in [0.05, 0.1) is 16.4 Å². The number of pyridine rings is 1. The Balaban J connectivity index is 0.914. The Labute approximate surface area is 492 Å². The van der Waals surface area contributed by atoms with Gasteiger partial charge in [0.2, 0.25) is 0 Å². The van der Waals surface area contributed by atoms with Gasteiger partial charge in [0.15, 0.2) is 11.0 Å².